The largest absolute Gasteiger partial charge is 0.481 e. The molecule has 1 fully saturated rings. The molecule has 0 radical (unpaired) electrons. The third-order valence-corrected chi connectivity index (χ3v) is 2.90. The second-order valence-corrected chi connectivity index (χ2v) is 4.13. The fraction of sp³-hybridized carbons (Fsp3) is 0.818. The lowest BCUT2D eigenvalue weighted by atomic mass is 10.1. The summed E-state index contributed by atoms with van der Waals surface area (Å²) in [5.41, 5.74) is 0. The number of carbonyl (C=O) groups excluding carboxylic acids is 1. The zero-order valence-electron chi connectivity index (χ0n) is 9.81. The molecule has 1 N–H and O–H groups in total. The van der Waals surface area contributed by atoms with E-state index in [4.69, 9.17) is 9.84 Å². The van der Waals surface area contributed by atoms with Gasteiger partial charge in [0.15, 0.2) is 0 Å². The summed E-state index contributed by atoms with van der Waals surface area (Å²) in [6, 6.07) is -0.254. The van der Waals surface area contributed by atoms with Crippen molar-refractivity contribution in [2.75, 3.05) is 19.8 Å². The summed E-state index contributed by atoms with van der Waals surface area (Å²) < 4.78 is 5.17. The molecule has 16 heavy (non-hydrogen) atoms. The van der Waals surface area contributed by atoms with E-state index >= 15 is 0 Å². The fourth-order valence-corrected chi connectivity index (χ4v) is 2.01. The second kappa shape index (κ2) is 5.84. The standard InChI is InChI=1S/C11H19NO4/c1-3-12(8(2)6-10(13)14)11(15)9-4-5-16-7-9/h8-9H,3-7H2,1-2H3,(H,13,14). The van der Waals surface area contributed by atoms with Gasteiger partial charge >= 0.3 is 5.97 Å². The Bertz CT molecular complexity index is 261. The number of carboxylic acids is 1. The number of amides is 1. The van der Waals surface area contributed by atoms with Gasteiger partial charge in [-0.25, -0.2) is 0 Å². The number of nitrogens with zero attached hydrogens (tertiary/aromatic N) is 1. The van der Waals surface area contributed by atoms with E-state index in [-0.39, 0.29) is 24.3 Å². The van der Waals surface area contributed by atoms with Crippen LogP contribution in [0.2, 0.25) is 0 Å². The fourth-order valence-electron chi connectivity index (χ4n) is 2.01. The third kappa shape index (κ3) is 3.20. The lowest BCUT2D eigenvalue weighted by Gasteiger charge is -2.29. The molecule has 1 rings (SSSR count). The molecule has 5 heteroatoms. The van der Waals surface area contributed by atoms with Crippen LogP contribution in [0.1, 0.15) is 26.7 Å². The van der Waals surface area contributed by atoms with Crippen molar-refractivity contribution in [2.45, 2.75) is 32.7 Å². The molecule has 1 amide bonds. The van der Waals surface area contributed by atoms with Gasteiger partial charge in [0.2, 0.25) is 5.91 Å². The summed E-state index contributed by atoms with van der Waals surface area (Å²) in [5.74, 6) is -0.939. The monoisotopic (exact) mass is 229 g/mol. The zero-order valence-corrected chi connectivity index (χ0v) is 9.81. The molecule has 1 heterocycles. The van der Waals surface area contributed by atoms with Crippen LogP contribution in [-0.2, 0) is 14.3 Å². The molecule has 92 valence electrons. The van der Waals surface area contributed by atoms with Gasteiger partial charge in [-0.15, -0.1) is 0 Å². The van der Waals surface area contributed by atoms with E-state index in [2.05, 4.69) is 0 Å². The Morgan fingerprint density at radius 3 is 2.69 bits per heavy atom. The van der Waals surface area contributed by atoms with Gasteiger partial charge in [-0.3, -0.25) is 9.59 Å². The van der Waals surface area contributed by atoms with Crippen LogP contribution in [0.3, 0.4) is 0 Å². The van der Waals surface area contributed by atoms with Crippen molar-refractivity contribution < 1.29 is 19.4 Å². The van der Waals surface area contributed by atoms with Crippen molar-refractivity contribution in [3.63, 3.8) is 0 Å². The highest BCUT2D eigenvalue weighted by molar-refractivity contribution is 5.80. The minimum Gasteiger partial charge on any atom is -0.481 e. The van der Waals surface area contributed by atoms with Crippen LogP contribution in [0.15, 0.2) is 0 Å². The molecule has 2 atom stereocenters. The molecule has 0 aromatic heterocycles. The first-order valence-electron chi connectivity index (χ1n) is 5.66. The molecule has 1 saturated heterocycles. The quantitative estimate of drug-likeness (QED) is 0.755. The molecular weight excluding hydrogens is 210 g/mol. The Morgan fingerprint density at radius 1 is 1.56 bits per heavy atom. The molecule has 1 aliphatic rings. The number of carbonyl (C=O) groups is 2. The van der Waals surface area contributed by atoms with Crippen LogP contribution in [-0.4, -0.2) is 47.7 Å². The smallest absolute Gasteiger partial charge is 0.305 e. The van der Waals surface area contributed by atoms with Gasteiger partial charge in [0.1, 0.15) is 0 Å². The van der Waals surface area contributed by atoms with E-state index < -0.39 is 5.97 Å². The zero-order chi connectivity index (χ0) is 12.1. The normalized spacial score (nSPS) is 21.8. The highest BCUT2D eigenvalue weighted by Gasteiger charge is 2.30. The Balaban J connectivity index is 2.57. The number of hydrogen-bond donors (Lipinski definition) is 1. The summed E-state index contributed by atoms with van der Waals surface area (Å²) >= 11 is 0. The molecule has 2 unspecified atom stereocenters. The van der Waals surface area contributed by atoms with Crippen LogP contribution < -0.4 is 0 Å². The first-order valence-corrected chi connectivity index (χ1v) is 5.66. The number of aliphatic carboxylic acids is 1. The van der Waals surface area contributed by atoms with E-state index in [1.54, 1.807) is 11.8 Å². The number of carboxylic acid groups (broad SMARTS) is 1. The molecule has 1 aliphatic heterocycles. The van der Waals surface area contributed by atoms with E-state index in [0.29, 0.717) is 19.8 Å². The molecule has 0 saturated carbocycles. The number of ether oxygens (including phenoxy) is 1. The van der Waals surface area contributed by atoms with Gasteiger partial charge < -0.3 is 14.7 Å². The van der Waals surface area contributed by atoms with Gasteiger partial charge in [0.05, 0.1) is 18.9 Å². The molecule has 0 aromatic rings. The van der Waals surface area contributed by atoms with Crippen molar-refractivity contribution >= 4 is 11.9 Å². The minimum atomic E-state index is -0.874. The average molecular weight is 229 g/mol. The lowest BCUT2D eigenvalue weighted by molar-refractivity contribution is -0.142. The number of rotatable bonds is 5. The first kappa shape index (κ1) is 13.0. The third-order valence-electron chi connectivity index (χ3n) is 2.90. The Labute approximate surface area is 95.4 Å². The van der Waals surface area contributed by atoms with Gasteiger partial charge in [0, 0.05) is 19.2 Å². The summed E-state index contributed by atoms with van der Waals surface area (Å²) in [6.45, 7) is 5.28. The predicted octanol–water partition coefficient (Wildman–Crippen LogP) is 0.735. The van der Waals surface area contributed by atoms with Gasteiger partial charge in [-0.05, 0) is 20.3 Å². The van der Waals surface area contributed by atoms with Gasteiger partial charge in [-0.1, -0.05) is 0 Å². The maximum Gasteiger partial charge on any atom is 0.305 e. The van der Waals surface area contributed by atoms with Gasteiger partial charge in [-0.2, -0.15) is 0 Å². The molecular formula is C11H19NO4. The van der Waals surface area contributed by atoms with Crippen molar-refractivity contribution in [3.8, 4) is 0 Å². The van der Waals surface area contributed by atoms with Crippen LogP contribution in [0, 0.1) is 5.92 Å². The van der Waals surface area contributed by atoms with E-state index in [0.717, 1.165) is 6.42 Å². The summed E-state index contributed by atoms with van der Waals surface area (Å²) in [4.78, 5) is 24.3. The predicted molar refractivity (Wildman–Crippen MR) is 58.0 cm³/mol. The molecule has 5 nitrogen and oxygen atoms in total. The first-order chi connectivity index (χ1) is 7.56. The summed E-state index contributed by atoms with van der Waals surface area (Å²) in [7, 11) is 0. The summed E-state index contributed by atoms with van der Waals surface area (Å²) in [6.07, 6.45) is 0.738. The topological polar surface area (TPSA) is 66.8 Å². The van der Waals surface area contributed by atoms with E-state index in [1.165, 1.54) is 0 Å². The molecule has 0 aromatic carbocycles. The highest BCUT2D eigenvalue weighted by Crippen LogP contribution is 2.17. The Kier molecular flexibility index (Phi) is 4.73. The van der Waals surface area contributed by atoms with E-state index in [9.17, 15) is 9.59 Å². The van der Waals surface area contributed by atoms with Crippen molar-refractivity contribution in [3.05, 3.63) is 0 Å². The number of hydrogen-bond acceptors (Lipinski definition) is 3. The highest BCUT2D eigenvalue weighted by atomic mass is 16.5. The summed E-state index contributed by atoms with van der Waals surface area (Å²) in [5, 5.41) is 8.71. The Hall–Kier alpha value is -1.10. The maximum atomic E-state index is 12.1. The SMILES string of the molecule is CCN(C(=O)C1CCOC1)C(C)CC(=O)O. The molecule has 0 aliphatic carbocycles. The van der Waals surface area contributed by atoms with Gasteiger partial charge in [0.25, 0.3) is 0 Å². The average Bonchev–Trinajstić information content (AvgIpc) is 2.69. The van der Waals surface area contributed by atoms with Crippen LogP contribution >= 0.6 is 0 Å². The van der Waals surface area contributed by atoms with E-state index in [1.807, 2.05) is 6.92 Å². The lowest BCUT2D eigenvalue weighted by Crippen LogP contribution is -2.43. The maximum absolute atomic E-state index is 12.1. The Morgan fingerprint density at radius 2 is 2.25 bits per heavy atom. The van der Waals surface area contributed by atoms with Crippen molar-refractivity contribution in [2.24, 2.45) is 5.92 Å². The van der Waals surface area contributed by atoms with Crippen molar-refractivity contribution in [1.82, 2.24) is 4.90 Å². The molecule has 0 spiro atoms. The van der Waals surface area contributed by atoms with Crippen LogP contribution in [0.25, 0.3) is 0 Å². The molecule has 0 bridgehead atoms. The van der Waals surface area contributed by atoms with Crippen LogP contribution in [0.5, 0.6) is 0 Å². The minimum absolute atomic E-state index is 0.00679. The van der Waals surface area contributed by atoms with Crippen molar-refractivity contribution in [1.29, 1.82) is 0 Å². The second-order valence-electron chi connectivity index (χ2n) is 4.13. The van der Waals surface area contributed by atoms with Crippen LogP contribution in [0.4, 0.5) is 0 Å².